The number of fused-ring (bicyclic) bond motifs is 1. The second-order valence-electron chi connectivity index (χ2n) is 5.34. The Morgan fingerprint density at radius 2 is 1.96 bits per heavy atom. The SMILES string of the molecule is CCOc1ccc2c(C(=O)O)cn(Cc3ccc(Cl)c(Cl)c3)c2c1. The number of ether oxygens (including phenoxy) is 1. The number of carboxylic acids is 1. The molecule has 124 valence electrons. The van der Waals surface area contributed by atoms with Crippen molar-refractivity contribution in [1.29, 1.82) is 0 Å². The molecule has 2 aromatic carbocycles. The van der Waals surface area contributed by atoms with Crippen molar-refractivity contribution in [2.75, 3.05) is 6.61 Å². The van der Waals surface area contributed by atoms with Crippen molar-refractivity contribution in [3.05, 3.63) is 63.8 Å². The van der Waals surface area contributed by atoms with Gasteiger partial charge in [-0.2, -0.15) is 0 Å². The average molecular weight is 364 g/mol. The molecule has 1 heterocycles. The lowest BCUT2D eigenvalue weighted by atomic mass is 10.1. The first-order chi connectivity index (χ1) is 11.5. The molecule has 1 aromatic heterocycles. The molecule has 0 atom stereocenters. The zero-order chi connectivity index (χ0) is 17.3. The van der Waals surface area contributed by atoms with Crippen LogP contribution in [-0.2, 0) is 6.54 Å². The van der Waals surface area contributed by atoms with Crippen LogP contribution in [0, 0.1) is 0 Å². The minimum atomic E-state index is -0.961. The fourth-order valence-corrected chi connectivity index (χ4v) is 2.98. The zero-order valence-corrected chi connectivity index (χ0v) is 14.4. The maximum absolute atomic E-state index is 11.5. The molecule has 3 rings (SSSR count). The molecule has 24 heavy (non-hydrogen) atoms. The van der Waals surface area contributed by atoms with Crippen molar-refractivity contribution in [1.82, 2.24) is 4.57 Å². The number of rotatable bonds is 5. The van der Waals surface area contributed by atoms with E-state index in [0.29, 0.717) is 34.3 Å². The van der Waals surface area contributed by atoms with Gasteiger partial charge in [0.15, 0.2) is 0 Å². The van der Waals surface area contributed by atoms with E-state index in [1.807, 2.05) is 23.6 Å². The summed E-state index contributed by atoms with van der Waals surface area (Å²) in [7, 11) is 0. The molecule has 0 aliphatic heterocycles. The Labute approximate surface area is 149 Å². The number of carbonyl (C=O) groups is 1. The van der Waals surface area contributed by atoms with Gasteiger partial charge in [0.2, 0.25) is 0 Å². The highest BCUT2D eigenvalue weighted by molar-refractivity contribution is 6.42. The van der Waals surface area contributed by atoms with Crippen LogP contribution in [0.4, 0.5) is 0 Å². The van der Waals surface area contributed by atoms with Crippen LogP contribution < -0.4 is 4.74 Å². The number of aromatic nitrogens is 1. The van der Waals surface area contributed by atoms with Gasteiger partial charge in [0.25, 0.3) is 0 Å². The fourth-order valence-electron chi connectivity index (χ4n) is 2.66. The average Bonchev–Trinajstić information content (AvgIpc) is 2.90. The number of halogens is 2. The summed E-state index contributed by atoms with van der Waals surface area (Å²) in [5.41, 5.74) is 1.98. The van der Waals surface area contributed by atoms with Gasteiger partial charge >= 0.3 is 5.97 Å². The highest BCUT2D eigenvalue weighted by atomic mass is 35.5. The van der Waals surface area contributed by atoms with Gasteiger partial charge in [-0.15, -0.1) is 0 Å². The third-order valence-corrected chi connectivity index (χ3v) is 4.47. The Kier molecular flexibility index (Phi) is 4.69. The minimum absolute atomic E-state index is 0.258. The van der Waals surface area contributed by atoms with Crippen LogP contribution in [-0.4, -0.2) is 22.2 Å². The highest BCUT2D eigenvalue weighted by Gasteiger charge is 2.15. The predicted octanol–water partition coefficient (Wildman–Crippen LogP) is 5.09. The third-order valence-electron chi connectivity index (χ3n) is 3.73. The second kappa shape index (κ2) is 6.75. The van der Waals surface area contributed by atoms with E-state index in [2.05, 4.69) is 0 Å². The molecule has 0 unspecified atom stereocenters. The lowest BCUT2D eigenvalue weighted by Crippen LogP contribution is -1.99. The van der Waals surface area contributed by atoms with E-state index in [1.54, 1.807) is 30.5 Å². The fraction of sp³-hybridized carbons (Fsp3) is 0.167. The lowest BCUT2D eigenvalue weighted by molar-refractivity contribution is 0.0699. The number of carboxylic acid groups (broad SMARTS) is 1. The van der Waals surface area contributed by atoms with Gasteiger partial charge < -0.3 is 14.4 Å². The van der Waals surface area contributed by atoms with E-state index >= 15 is 0 Å². The first-order valence-electron chi connectivity index (χ1n) is 7.42. The smallest absolute Gasteiger partial charge is 0.337 e. The molecule has 0 aliphatic carbocycles. The number of aromatic carboxylic acids is 1. The molecule has 0 amide bonds. The normalized spacial score (nSPS) is 11.0. The molecule has 4 nitrogen and oxygen atoms in total. The highest BCUT2D eigenvalue weighted by Crippen LogP contribution is 2.28. The summed E-state index contributed by atoms with van der Waals surface area (Å²) >= 11 is 12.0. The summed E-state index contributed by atoms with van der Waals surface area (Å²) in [5, 5.41) is 11.1. The molecule has 0 aliphatic rings. The number of nitrogens with zero attached hydrogens (tertiary/aromatic N) is 1. The van der Waals surface area contributed by atoms with E-state index in [1.165, 1.54) is 0 Å². The van der Waals surface area contributed by atoms with Crippen molar-refractivity contribution in [3.63, 3.8) is 0 Å². The van der Waals surface area contributed by atoms with Crippen molar-refractivity contribution in [2.45, 2.75) is 13.5 Å². The minimum Gasteiger partial charge on any atom is -0.494 e. The van der Waals surface area contributed by atoms with Gasteiger partial charge in [0.05, 0.1) is 27.7 Å². The molecule has 0 fully saturated rings. The summed E-state index contributed by atoms with van der Waals surface area (Å²) in [4.78, 5) is 11.5. The van der Waals surface area contributed by atoms with Gasteiger partial charge in [0, 0.05) is 24.2 Å². The molecule has 0 saturated heterocycles. The van der Waals surface area contributed by atoms with Crippen molar-refractivity contribution in [3.8, 4) is 5.75 Å². The Hall–Kier alpha value is -2.17. The molecular formula is C18H15Cl2NO3. The van der Waals surface area contributed by atoms with Gasteiger partial charge in [-0.05, 0) is 36.8 Å². The van der Waals surface area contributed by atoms with Crippen LogP contribution in [0.3, 0.4) is 0 Å². The van der Waals surface area contributed by atoms with Crippen LogP contribution >= 0.6 is 23.2 Å². The largest absolute Gasteiger partial charge is 0.494 e. The predicted molar refractivity (Wildman–Crippen MR) is 95.6 cm³/mol. The lowest BCUT2D eigenvalue weighted by Gasteiger charge is -2.08. The van der Waals surface area contributed by atoms with E-state index in [4.69, 9.17) is 27.9 Å². The van der Waals surface area contributed by atoms with Crippen molar-refractivity contribution in [2.24, 2.45) is 0 Å². The summed E-state index contributed by atoms with van der Waals surface area (Å²) in [5.74, 6) is -0.257. The standard InChI is InChI=1S/C18H15Cl2NO3/c1-2-24-12-4-5-13-14(18(22)23)10-21(17(13)8-12)9-11-3-6-15(19)16(20)7-11/h3-8,10H,2,9H2,1H3,(H,22,23). The number of hydrogen-bond acceptors (Lipinski definition) is 2. The van der Waals surface area contributed by atoms with Crippen LogP contribution in [0.15, 0.2) is 42.6 Å². The summed E-state index contributed by atoms with van der Waals surface area (Å²) in [6.07, 6.45) is 1.63. The van der Waals surface area contributed by atoms with Gasteiger partial charge in [0.1, 0.15) is 5.75 Å². The maximum atomic E-state index is 11.5. The van der Waals surface area contributed by atoms with Crippen molar-refractivity contribution < 1.29 is 14.6 Å². The molecule has 6 heteroatoms. The molecule has 1 N–H and O–H groups in total. The number of benzene rings is 2. The molecular weight excluding hydrogens is 349 g/mol. The van der Waals surface area contributed by atoms with Gasteiger partial charge in [-0.1, -0.05) is 29.3 Å². The maximum Gasteiger partial charge on any atom is 0.337 e. The van der Waals surface area contributed by atoms with Gasteiger partial charge in [-0.3, -0.25) is 0 Å². The quantitative estimate of drug-likeness (QED) is 0.686. The van der Waals surface area contributed by atoms with Crippen LogP contribution in [0.5, 0.6) is 5.75 Å². The summed E-state index contributed by atoms with van der Waals surface area (Å²) in [6.45, 7) is 2.93. The number of hydrogen-bond donors (Lipinski definition) is 1. The Bertz CT molecular complexity index is 918. The summed E-state index contributed by atoms with van der Waals surface area (Å²) < 4.78 is 7.40. The van der Waals surface area contributed by atoms with E-state index < -0.39 is 5.97 Å². The second-order valence-corrected chi connectivity index (χ2v) is 6.15. The van der Waals surface area contributed by atoms with Crippen LogP contribution in [0.2, 0.25) is 10.0 Å². The molecule has 0 bridgehead atoms. The zero-order valence-electron chi connectivity index (χ0n) is 12.9. The monoisotopic (exact) mass is 363 g/mol. The van der Waals surface area contributed by atoms with E-state index in [-0.39, 0.29) is 5.56 Å². The van der Waals surface area contributed by atoms with E-state index in [0.717, 1.165) is 11.1 Å². The van der Waals surface area contributed by atoms with Crippen LogP contribution in [0.1, 0.15) is 22.8 Å². The topological polar surface area (TPSA) is 51.5 Å². The molecule has 0 spiro atoms. The Morgan fingerprint density at radius 3 is 2.62 bits per heavy atom. The van der Waals surface area contributed by atoms with Crippen molar-refractivity contribution >= 4 is 40.1 Å². The van der Waals surface area contributed by atoms with Crippen LogP contribution in [0.25, 0.3) is 10.9 Å². The Morgan fingerprint density at radius 1 is 1.17 bits per heavy atom. The molecule has 0 saturated carbocycles. The van der Waals surface area contributed by atoms with E-state index in [9.17, 15) is 9.90 Å². The first kappa shape index (κ1) is 16.7. The Balaban J connectivity index is 2.09. The van der Waals surface area contributed by atoms with Gasteiger partial charge in [-0.25, -0.2) is 4.79 Å². The third kappa shape index (κ3) is 3.21. The summed E-state index contributed by atoms with van der Waals surface area (Å²) in [6, 6.07) is 10.8. The molecule has 3 aromatic rings. The molecule has 0 radical (unpaired) electrons. The first-order valence-corrected chi connectivity index (χ1v) is 8.18.